The molecule has 0 radical (unpaired) electrons. The number of aromatic nitrogens is 2. The minimum atomic E-state index is -0.353. The molecule has 0 aliphatic heterocycles. The van der Waals surface area contributed by atoms with Crippen molar-refractivity contribution in [3.05, 3.63) is 46.5 Å². The van der Waals surface area contributed by atoms with Gasteiger partial charge in [0, 0.05) is 34.7 Å². The van der Waals surface area contributed by atoms with Gasteiger partial charge in [-0.1, -0.05) is 0 Å². The lowest BCUT2D eigenvalue weighted by atomic mass is 10.3. The molecule has 20 heavy (non-hydrogen) atoms. The van der Waals surface area contributed by atoms with Crippen molar-refractivity contribution in [2.45, 2.75) is 25.5 Å². The van der Waals surface area contributed by atoms with Crippen molar-refractivity contribution >= 4 is 27.6 Å². The Morgan fingerprint density at radius 1 is 1.45 bits per heavy atom. The summed E-state index contributed by atoms with van der Waals surface area (Å²) in [7, 11) is 0. The Morgan fingerprint density at radius 2 is 2.25 bits per heavy atom. The molecule has 1 saturated carbocycles. The Morgan fingerprint density at radius 3 is 2.95 bits per heavy atom. The number of nitrogens with two attached hydrogens (primary N) is 1. The molecule has 0 bridgehead atoms. The van der Waals surface area contributed by atoms with Crippen LogP contribution >= 0.6 is 15.9 Å². The van der Waals surface area contributed by atoms with E-state index in [4.69, 9.17) is 10.5 Å². The van der Waals surface area contributed by atoms with Crippen molar-refractivity contribution in [1.82, 2.24) is 9.55 Å². The van der Waals surface area contributed by atoms with Gasteiger partial charge in [-0.15, -0.1) is 0 Å². The van der Waals surface area contributed by atoms with Gasteiger partial charge < -0.3 is 15.0 Å². The van der Waals surface area contributed by atoms with Crippen molar-refractivity contribution in [2.24, 2.45) is 0 Å². The first-order valence-corrected chi connectivity index (χ1v) is 7.16. The van der Waals surface area contributed by atoms with Gasteiger partial charge in [0.1, 0.15) is 12.3 Å². The fraction of sp³-hybridized carbons (Fsp3) is 0.286. The van der Waals surface area contributed by atoms with Crippen LogP contribution < -0.4 is 5.73 Å². The molecule has 1 aliphatic carbocycles. The number of ether oxygens (including phenoxy) is 1. The second-order valence-corrected chi connectivity index (χ2v) is 5.80. The van der Waals surface area contributed by atoms with Gasteiger partial charge in [0.2, 0.25) is 0 Å². The number of pyridine rings is 1. The van der Waals surface area contributed by atoms with Crippen LogP contribution in [0.4, 0.5) is 5.69 Å². The molecule has 0 aromatic carbocycles. The number of anilines is 1. The molecule has 0 saturated heterocycles. The predicted molar refractivity (Wildman–Crippen MR) is 78.2 cm³/mol. The van der Waals surface area contributed by atoms with Crippen LogP contribution in [-0.4, -0.2) is 15.5 Å². The van der Waals surface area contributed by atoms with E-state index in [1.807, 2.05) is 10.6 Å². The summed E-state index contributed by atoms with van der Waals surface area (Å²) in [6, 6.07) is 3.93. The monoisotopic (exact) mass is 335 g/mol. The van der Waals surface area contributed by atoms with Crippen LogP contribution in [0.5, 0.6) is 0 Å². The Hall–Kier alpha value is -1.82. The van der Waals surface area contributed by atoms with Gasteiger partial charge in [0.25, 0.3) is 0 Å². The second kappa shape index (κ2) is 5.28. The van der Waals surface area contributed by atoms with Crippen LogP contribution in [0.15, 0.2) is 35.2 Å². The van der Waals surface area contributed by atoms with Crippen LogP contribution in [-0.2, 0) is 11.3 Å². The fourth-order valence-corrected chi connectivity index (χ4v) is 2.49. The van der Waals surface area contributed by atoms with E-state index >= 15 is 0 Å². The van der Waals surface area contributed by atoms with E-state index in [9.17, 15) is 4.79 Å². The molecule has 104 valence electrons. The number of rotatable bonds is 4. The first kappa shape index (κ1) is 13.2. The standard InChI is InChI=1S/C14H14BrN3O2/c15-10-3-9(5-17-6-10)8-20-14(19)13-4-11(16)7-18(13)12-1-2-12/h3-7,12H,1-2,8,16H2. The average molecular weight is 336 g/mol. The zero-order chi connectivity index (χ0) is 14.1. The zero-order valence-corrected chi connectivity index (χ0v) is 12.3. The number of nitrogen functional groups attached to an aromatic ring is 1. The van der Waals surface area contributed by atoms with Crippen molar-refractivity contribution in [2.75, 3.05) is 5.73 Å². The highest BCUT2D eigenvalue weighted by Gasteiger charge is 2.28. The summed E-state index contributed by atoms with van der Waals surface area (Å²) in [6.45, 7) is 0.195. The smallest absolute Gasteiger partial charge is 0.355 e. The van der Waals surface area contributed by atoms with Crippen LogP contribution in [0.3, 0.4) is 0 Å². The molecule has 6 heteroatoms. The quantitative estimate of drug-likeness (QED) is 0.872. The number of carbonyl (C=O) groups excluding carboxylic acids is 1. The highest BCUT2D eigenvalue weighted by Crippen LogP contribution is 2.37. The predicted octanol–water partition coefficient (Wildman–Crippen LogP) is 2.92. The summed E-state index contributed by atoms with van der Waals surface area (Å²) in [5.41, 5.74) is 7.72. The number of hydrogen-bond donors (Lipinski definition) is 1. The van der Waals surface area contributed by atoms with Gasteiger partial charge in [-0.3, -0.25) is 4.98 Å². The molecule has 0 amide bonds. The Kier molecular flexibility index (Phi) is 3.48. The van der Waals surface area contributed by atoms with Crippen molar-refractivity contribution < 1.29 is 9.53 Å². The molecule has 2 aromatic heterocycles. The van der Waals surface area contributed by atoms with Gasteiger partial charge in [0.05, 0.1) is 5.69 Å². The lowest BCUT2D eigenvalue weighted by Crippen LogP contribution is -2.11. The summed E-state index contributed by atoms with van der Waals surface area (Å²) < 4.78 is 8.10. The molecule has 2 N–H and O–H groups in total. The molecule has 2 aromatic rings. The maximum atomic E-state index is 12.1. The topological polar surface area (TPSA) is 70.1 Å². The maximum Gasteiger partial charge on any atom is 0.355 e. The molecule has 1 fully saturated rings. The van der Waals surface area contributed by atoms with Crippen molar-refractivity contribution in [1.29, 1.82) is 0 Å². The van der Waals surface area contributed by atoms with Gasteiger partial charge in [-0.05, 0) is 40.9 Å². The first-order chi connectivity index (χ1) is 9.63. The summed E-state index contributed by atoms with van der Waals surface area (Å²) in [5, 5.41) is 0. The van der Waals surface area contributed by atoms with E-state index in [-0.39, 0.29) is 12.6 Å². The van der Waals surface area contributed by atoms with E-state index in [1.54, 1.807) is 24.7 Å². The minimum absolute atomic E-state index is 0.195. The third-order valence-corrected chi connectivity index (χ3v) is 3.58. The molecular formula is C14H14BrN3O2. The molecular weight excluding hydrogens is 322 g/mol. The van der Waals surface area contributed by atoms with E-state index < -0.39 is 0 Å². The Balaban J connectivity index is 1.70. The summed E-state index contributed by atoms with van der Waals surface area (Å²) in [5.74, 6) is -0.353. The van der Waals surface area contributed by atoms with Gasteiger partial charge in [-0.2, -0.15) is 0 Å². The van der Waals surface area contributed by atoms with Crippen LogP contribution in [0, 0.1) is 0 Å². The van der Waals surface area contributed by atoms with Gasteiger partial charge in [0.15, 0.2) is 0 Å². The number of carbonyl (C=O) groups is 1. The molecule has 0 unspecified atom stereocenters. The zero-order valence-electron chi connectivity index (χ0n) is 10.8. The highest BCUT2D eigenvalue weighted by molar-refractivity contribution is 9.10. The summed E-state index contributed by atoms with van der Waals surface area (Å²) in [6.07, 6.45) is 7.33. The number of halogens is 1. The van der Waals surface area contributed by atoms with E-state index in [1.165, 1.54) is 0 Å². The van der Waals surface area contributed by atoms with Crippen LogP contribution in [0.2, 0.25) is 0 Å². The normalized spacial score (nSPS) is 14.2. The van der Waals surface area contributed by atoms with E-state index in [2.05, 4.69) is 20.9 Å². The van der Waals surface area contributed by atoms with E-state index in [0.717, 1.165) is 22.9 Å². The number of nitrogens with zero attached hydrogens (tertiary/aromatic N) is 2. The average Bonchev–Trinajstić information content (AvgIpc) is 3.19. The number of hydrogen-bond acceptors (Lipinski definition) is 4. The van der Waals surface area contributed by atoms with Crippen LogP contribution in [0.25, 0.3) is 0 Å². The maximum absolute atomic E-state index is 12.1. The molecule has 0 atom stereocenters. The fourth-order valence-electron chi connectivity index (χ4n) is 2.08. The Bertz CT molecular complexity index is 650. The lowest BCUT2D eigenvalue weighted by Gasteiger charge is -2.08. The van der Waals surface area contributed by atoms with Crippen LogP contribution in [0.1, 0.15) is 34.9 Å². The van der Waals surface area contributed by atoms with Crippen molar-refractivity contribution in [3.63, 3.8) is 0 Å². The van der Waals surface area contributed by atoms with Crippen molar-refractivity contribution in [3.8, 4) is 0 Å². The first-order valence-electron chi connectivity index (χ1n) is 6.37. The third-order valence-electron chi connectivity index (χ3n) is 3.15. The second-order valence-electron chi connectivity index (χ2n) is 4.88. The Labute approximate surface area is 124 Å². The SMILES string of the molecule is Nc1cc(C(=O)OCc2cncc(Br)c2)n(C2CC2)c1. The summed E-state index contributed by atoms with van der Waals surface area (Å²) >= 11 is 3.33. The molecule has 3 rings (SSSR count). The summed E-state index contributed by atoms with van der Waals surface area (Å²) in [4.78, 5) is 16.2. The van der Waals surface area contributed by atoms with Gasteiger partial charge in [-0.25, -0.2) is 4.79 Å². The minimum Gasteiger partial charge on any atom is -0.456 e. The molecule has 2 heterocycles. The van der Waals surface area contributed by atoms with Gasteiger partial charge >= 0.3 is 5.97 Å². The number of esters is 1. The highest BCUT2D eigenvalue weighted by atomic mass is 79.9. The molecule has 1 aliphatic rings. The largest absolute Gasteiger partial charge is 0.456 e. The third kappa shape index (κ3) is 2.85. The molecule has 5 nitrogen and oxygen atoms in total. The lowest BCUT2D eigenvalue weighted by molar-refractivity contribution is 0.0459. The van der Waals surface area contributed by atoms with E-state index in [0.29, 0.717) is 17.4 Å². The molecule has 0 spiro atoms.